The molecule has 8 heteroatoms. The Kier molecular flexibility index (Phi) is 14.1. The number of anilines is 1. The van der Waals surface area contributed by atoms with Crippen molar-refractivity contribution in [1.29, 1.82) is 0 Å². The highest BCUT2D eigenvalue weighted by molar-refractivity contribution is 6.00. The fraction of sp³-hybridized carbons (Fsp3) is 0.533. The molecule has 2 aromatic rings. The van der Waals surface area contributed by atoms with Crippen molar-refractivity contribution in [1.82, 2.24) is 5.01 Å². The smallest absolute Gasteiger partial charge is 0.253 e. The van der Waals surface area contributed by atoms with E-state index in [1.807, 2.05) is 18.2 Å². The van der Waals surface area contributed by atoms with E-state index in [0.717, 1.165) is 24.3 Å². The normalized spacial score (nSPS) is 11.5. The van der Waals surface area contributed by atoms with E-state index in [2.05, 4.69) is 12.2 Å². The molecule has 0 aliphatic heterocycles. The molecule has 2 amide bonds. The molecular weight excluding hydrogens is 482 g/mol. The number of benzene rings is 2. The number of carbonyl (C=O) groups is 2. The quantitative estimate of drug-likeness (QED) is 0.101. The number of unbranched alkanes of at least 4 members (excludes halogenated alkanes) is 9. The minimum atomic E-state index is -1.02. The SMILES string of the molecule is CCCCCCCCCCCCC(=O)N(N)C(C(=O)Nc1c(OC)cc(OC)cc1OC)c1ccccc1. The van der Waals surface area contributed by atoms with Gasteiger partial charge < -0.3 is 19.5 Å². The molecule has 2 aromatic carbocycles. The summed E-state index contributed by atoms with van der Waals surface area (Å²) in [5, 5.41) is 3.90. The summed E-state index contributed by atoms with van der Waals surface area (Å²) in [7, 11) is 4.51. The van der Waals surface area contributed by atoms with Gasteiger partial charge in [0, 0.05) is 18.6 Å². The fourth-order valence-corrected chi connectivity index (χ4v) is 4.43. The zero-order valence-electron chi connectivity index (χ0n) is 23.5. The van der Waals surface area contributed by atoms with Gasteiger partial charge in [0.05, 0.1) is 21.3 Å². The van der Waals surface area contributed by atoms with Crippen LogP contribution in [0.25, 0.3) is 0 Å². The molecule has 3 N–H and O–H groups in total. The Hall–Kier alpha value is -3.26. The van der Waals surface area contributed by atoms with Crippen molar-refractivity contribution < 1.29 is 23.8 Å². The zero-order chi connectivity index (χ0) is 27.8. The molecule has 0 radical (unpaired) electrons. The number of carbonyl (C=O) groups excluding carboxylic acids is 2. The van der Waals surface area contributed by atoms with Crippen LogP contribution >= 0.6 is 0 Å². The maximum atomic E-state index is 13.6. The molecule has 0 spiro atoms. The summed E-state index contributed by atoms with van der Waals surface area (Å²) in [5.41, 5.74) is 0.938. The highest BCUT2D eigenvalue weighted by Crippen LogP contribution is 2.39. The molecule has 1 atom stereocenters. The summed E-state index contributed by atoms with van der Waals surface area (Å²) in [6, 6.07) is 11.3. The van der Waals surface area contributed by atoms with Crippen LogP contribution in [0.5, 0.6) is 17.2 Å². The lowest BCUT2D eigenvalue weighted by molar-refractivity contribution is -0.139. The highest BCUT2D eigenvalue weighted by atomic mass is 16.5. The third kappa shape index (κ3) is 9.56. The lowest BCUT2D eigenvalue weighted by Gasteiger charge is -2.28. The first-order chi connectivity index (χ1) is 18.5. The van der Waals surface area contributed by atoms with E-state index in [-0.39, 0.29) is 5.91 Å². The van der Waals surface area contributed by atoms with Gasteiger partial charge in [-0.3, -0.25) is 14.6 Å². The van der Waals surface area contributed by atoms with Crippen molar-refractivity contribution in [3.63, 3.8) is 0 Å². The summed E-state index contributed by atoms with van der Waals surface area (Å²) >= 11 is 0. The number of nitrogens with two attached hydrogens (primary N) is 1. The Morgan fingerprint density at radius 1 is 0.816 bits per heavy atom. The monoisotopic (exact) mass is 527 g/mol. The average Bonchev–Trinajstić information content (AvgIpc) is 2.94. The first-order valence-corrected chi connectivity index (χ1v) is 13.7. The number of ether oxygens (including phenoxy) is 3. The summed E-state index contributed by atoms with van der Waals surface area (Å²) < 4.78 is 16.2. The minimum absolute atomic E-state index is 0.276. The molecule has 8 nitrogen and oxygen atoms in total. The van der Waals surface area contributed by atoms with Gasteiger partial charge >= 0.3 is 0 Å². The lowest BCUT2D eigenvalue weighted by atomic mass is 10.0. The summed E-state index contributed by atoms with van der Waals surface area (Å²) in [6.07, 6.45) is 12.0. The van der Waals surface area contributed by atoms with Crippen molar-refractivity contribution in [2.24, 2.45) is 5.84 Å². The number of nitrogens with zero attached hydrogens (tertiary/aromatic N) is 1. The van der Waals surface area contributed by atoms with Crippen LogP contribution in [0.4, 0.5) is 5.69 Å². The number of hydrazine groups is 1. The van der Waals surface area contributed by atoms with Gasteiger partial charge in [-0.25, -0.2) is 5.84 Å². The van der Waals surface area contributed by atoms with E-state index in [4.69, 9.17) is 20.1 Å². The van der Waals surface area contributed by atoms with Gasteiger partial charge in [-0.15, -0.1) is 0 Å². The second kappa shape index (κ2) is 17.3. The molecule has 38 heavy (non-hydrogen) atoms. The highest BCUT2D eigenvalue weighted by Gasteiger charge is 2.30. The van der Waals surface area contributed by atoms with Crippen molar-refractivity contribution in [3.8, 4) is 17.2 Å². The average molecular weight is 528 g/mol. The van der Waals surface area contributed by atoms with Crippen LogP contribution in [-0.2, 0) is 9.59 Å². The van der Waals surface area contributed by atoms with Crippen LogP contribution in [0.15, 0.2) is 42.5 Å². The Labute approximate surface area is 227 Å². The molecule has 0 fully saturated rings. The van der Waals surface area contributed by atoms with Gasteiger partial charge in [-0.05, 0) is 12.0 Å². The van der Waals surface area contributed by atoms with Crippen LogP contribution in [0, 0.1) is 0 Å². The van der Waals surface area contributed by atoms with Crippen LogP contribution < -0.4 is 25.4 Å². The molecule has 0 aromatic heterocycles. The standard InChI is InChI=1S/C30H45N3O5/c1-5-6-7-8-9-10-11-12-13-17-20-27(34)33(31)29(23-18-15-14-16-19-23)30(35)32-28-25(37-3)21-24(36-2)22-26(28)38-4/h14-16,18-19,21-22,29H,5-13,17,20,31H2,1-4H3,(H,32,35). The maximum absolute atomic E-state index is 13.6. The first kappa shape index (κ1) is 31.0. The molecule has 1 unspecified atom stereocenters. The van der Waals surface area contributed by atoms with E-state index in [1.165, 1.54) is 66.3 Å². The van der Waals surface area contributed by atoms with Crippen molar-refractivity contribution in [2.75, 3.05) is 26.6 Å². The third-order valence-corrected chi connectivity index (χ3v) is 6.64. The van der Waals surface area contributed by atoms with E-state index < -0.39 is 11.9 Å². The first-order valence-electron chi connectivity index (χ1n) is 13.7. The predicted octanol–water partition coefficient (Wildman–Crippen LogP) is 6.41. The topological polar surface area (TPSA) is 103 Å². The largest absolute Gasteiger partial charge is 0.496 e. The Balaban J connectivity index is 2.03. The maximum Gasteiger partial charge on any atom is 0.253 e. The van der Waals surface area contributed by atoms with Gasteiger partial charge in [-0.1, -0.05) is 95.0 Å². The molecule has 2 rings (SSSR count). The van der Waals surface area contributed by atoms with Crippen molar-refractivity contribution in [2.45, 2.75) is 83.6 Å². The predicted molar refractivity (Wildman–Crippen MR) is 151 cm³/mol. The van der Waals surface area contributed by atoms with E-state index >= 15 is 0 Å². The van der Waals surface area contributed by atoms with Gasteiger partial charge in [-0.2, -0.15) is 0 Å². The lowest BCUT2D eigenvalue weighted by Crippen LogP contribution is -2.45. The number of hydrogen-bond acceptors (Lipinski definition) is 6. The minimum Gasteiger partial charge on any atom is -0.496 e. The number of hydrogen-bond donors (Lipinski definition) is 2. The number of amides is 2. The van der Waals surface area contributed by atoms with Crippen LogP contribution in [0.1, 0.15) is 89.2 Å². The van der Waals surface area contributed by atoms with Gasteiger partial charge in [0.2, 0.25) is 5.91 Å². The molecule has 0 saturated heterocycles. The second-order valence-electron chi connectivity index (χ2n) is 9.44. The van der Waals surface area contributed by atoms with E-state index in [0.29, 0.717) is 34.9 Å². The third-order valence-electron chi connectivity index (χ3n) is 6.64. The van der Waals surface area contributed by atoms with Crippen LogP contribution in [0.2, 0.25) is 0 Å². The molecule has 0 bridgehead atoms. The van der Waals surface area contributed by atoms with Crippen molar-refractivity contribution >= 4 is 17.5 Å². The molecule has 0 aliphatic rings. The molecular formula is C30H45N3O5. The summed E-state index contributed by atoms with van der Waals surface area (Å²) in [5.74, 6) is 6.79. The van der Waals surface area contributed by atoms with E-state index in [9.17, 15) is 9.59 Å². The van der Waals surface area contributed by atoms with Crippen LogP contribution in [-0.4, -0.2) is 38.2 Å². The van der Waals surface area contributed by atoms with Gasteiger partial charge in [0.15, 0.2) is 6.04 Å². The zero-order valence-corrected chi connectivity index (χ0v) is 23.5. The van der Waals surface area contributed by atoms with E-state index in [1.54, 1.807) is 24.3 Å². The van der Waals surface area contributed by atoms with Crippen molar-refractivity contribution in [3.05, 3.63) is 48.0 Å². The molecule has 0 saturated carbocycles. The molecule has 0 aliphatic carbocycles. The second-order valence-corrected chi connectivity index (χ2v) is 9.44. The van der Waals surface area contributed by atoms with Gasteiger partial charge in [0.25, 0.3) is 5.91 Å². The summed E-state index contributed by atoms with van der Waals surface area (Å²) in [4.78, 5) is 26.6. The Morgan fingerprint density at radius 3 is 1.84 bits per heavy atom. The van der Waals surface area contributed by atoms with Crippen LogP contribution in [0.3, 0.4) is 0 Å². The number of nitrogens with one attached hydrogen (secondary N) is 1. The molecule has 0 heterocycles. The Morgan fingerprint density at radius 2 is 1.34 bits per heavy atom. The summed E-state index contributed by atoms with van der Waals surface area (Å²) in [6.45, 7) is 2.23. The molecule has 210 valence electrons. The van der Waals surface area contributed by atoms with Gasteiger partial charge in [0.1, 0.15) is 22.9 Å². The Bertz CT molecular complexity index is 958. The number of rotatable bonds is 18. The fourth-order valence-electron chi connectivity index (χ4n) is 4.43. The number of methoxy groups -OCH3 is 3.